The Labute approximate surface area is 158 Å². The molecule has 0 saturated carbocycles. The van der Waals surface area contributed by atoms with E-state index in [4.69, 9.17) is 22.1 Å². The van der Waals surface area contributed by atoms with E-state index < -0.39 is 0 Å². The number of benzene rings is 1. The molecule has 1 aromatic carbocycles. The zero-order valence-corrected chi connectivity index (χ0v) is 15.3. The van der Waals surface area contributed by atoms with E-state index in [0.717, 1.165) is 37.5 Å². The van der Waals surface area contributed by atoms with Crippen LogP contribution >= 0.6 is 11.6 Å². The number of pyridine rings is 1. The SMILES string of the molecule is NC(=O)c1ccc(Oc2ccc(Cl)cn2)cc1C1CC2CCN(CC2)C1. The second-order valence-electron chi connectivity index (χ2n) is 7.21. The highest BCUT2D eigenvalue weighted by Gasteiger charge is 2.31. The van der Waals surface area contributed by atoms with E-state index in [-0.39, 0.29) is 5.91 Å². The van der Waals surface area contributed by atoms with Crippen molar-refractivity contribution in [3.05, 3.63) is 52.7 Å². The summed E-state index contributed by atoms with van der Waals surface area (Å²) >= 11 is 5.87. The van der Waals surface area contributed by atoms with Crippen LogP contribution in [-0.4, -0.2) is 35.4 Å². The summed E-state index contributed by atoms with van der Waals surface area (Å²) in [6.07, 6.45) is 5.13. The van der Waals surface area contributed by atoms with Gasteiger partial charge >= 0.3 is 0 Å². The third-order valence-corrected chi connectivity index (χ3v) is 5.68. The second-order valence-corrected chi connectivity index (χ2v) is 7.64. The van der Waals surface area contributed by atoms with Crippen LogP contribution in [0.2, 0.25) is 5.02 Å². The summed E-state index contributed by atoms with van der Waals surface area (Å²) in [6.45, 7) is 3.27. The van der Waals surface area contributed by atoms with Crippen molar-refractivity contribution in [3.63, 3.8) is 0 Å². The Bertz CT molecular complexity index is 787. The molecule has 1 atom stereocenters. The molecule has 4 heterocycles. The fourth-order valence-corrected chi connectivity index (χ4v) is 4.24. The van der Waals surface area contributed by atoms with E-state index in [0.29, 0.717) is 28.1 Å². The smallest absolute Gasteiger partial charge is 0.248 e. The fraction of sp³-hybridized carbons (Fsp3) is 0.400. The molecule has 5 nitrogen and oxygen atoms in total. The predicted molar refractivity (Wildman–Crippen MR) is 101 cm³/mol. The van der Waals surface area contributed by atoms with Crippen LogP contribution in [0.4, 0.5) is 0 Å². The molecule has 0 aliphatic carbocycles. The van der Waals surface area contributed by atoms with E-state index in [1.54, 1.807) is 30.5 Å². The number of nitrogens with zero attached hydrogens (tertiary/aromatic N) is 2. The molecule has 2 bridgehead atoms. The first-order chi connectivity index (χ1) is 12.6. The number of piperidine rings is 1. The molecule has 6 heteroatoms. The summed E-state index contributed by atoms with van der Waals surface area (Å²) < 4.78 is 5.86. The number of ether oxygens (including phenoxy) is 1. The molecular formula is C20H22ClN3O2. The normalized spacial score (nSPS) is 24.9. The number of carbonyl (C=O) groups is 1. The summed E-state index contributed by atoms with van der Waals surface area (Å²) in [5.74, 6) is 1.77. The number of halogens is 1. The Balaban J connectivity index is 1.65. The molecule has 136 valence electrons. The highest BCUT2D eigenvalue weighted by molar-refractivity contribution is 6.30. The lowest BCUT2D eigenvalue weighted by atomic mass is 9.85. The van der Waals surface area contributed by atoms with E-state index >= 15 is 0 Å². The standard InChI is InChI=1S/C20H22ClN3O2/c21-15-1-4-19(23-11-15)26-16-2-3-17(20(22)25)18(10-16)14-9-13-5-7-24(12-14)8-6-13/h1-4,10-11,13-14H,5-9,12H2,(H2,22,25). The van der Waals surface area contributed by atoms with Crippen LogP contribution in [0.3, 0.4) is 0 Å². The Kier molecular flexibility index (Phi) is 4.83. The molecule has 2 aromatic rings. The van der Waals surface area contributed by atoms with Crippen molar-refractivity contribution in [1.82, 2.24) is 9.88 Å². The number of aromatic nitrogens is 1. The quantitative estimate of drug-likeness (QED) is 0.886. The van der Waals surface area contributed by atoms with Gasteiger partial charge in [-0.3, -0.25) is 4.79 Å². The molecule has 1 aromatic heterocycles. The Morgan fingerprint density at radius 2 is 2.04 bits per heavy atom. The third-order valence-electron chi connectivity index (χ3n) is 5.45. The number of hydrogen-bond acceptors (Lipinski definition) is 4. The Hall–Kier alpha value is -2.11. The van der Waals surface area contributed by atoms with Gasteiger partial charge in [0.1, 0.15) is 5.75 Å². The number of primary amides is 1. The van der Waals surface area contributed by atoms with Gasteiger partial charge in [0, 0.05) is 24.4 Å². The summed E-state index contributed by atoms with van der Waals surface area (Å²) in [5.41, 5.74) is 7.22. The van der Waals surface area contributed by atoms with E-state index in [2.05, 4.69) is 9.88 Å². The maximum atomic E-state index is 12.0. The lowest BCUT2D eigenvalue weighted by Gasteiger charge is -2.26. The molecule has 0 spiro atoms. The van der Waals surface area contributed by atoms with Crippen molar-refractivity contribution in [1.29, 1.82) is 0 Å². The van der Waals surface area contributed by atoms with Gasteiger partial charge in [-0.15, -0.1) is 0 Å². The van der Waals surface area contributed by atoms with Crippen LogP contribution in [-0.2, 0) is 0 Å². The topological polar surface area (TPSA) is 68.5 Å². The van der Waals surface area contributed by atoms with Crippen molar-refractivity contribution in [2.45, 2.75) is 25.2 Å². The van der Waals surface area contributed by atoms with Gasteiger partial charge in [0.25, 0.3) is 0 Å². The number of fused-ring (bicyclic) bond motifs is 4. The molecular weight excluding hydrogens is 350 g/mol. The van der Waals surface area contributed by atoms with Gasteiger partial charge in [-0.25, -0.2) is 4.98 Å². The summed E-state index contributed by atoms with van der Waals surface area (Å²) in [4.78, 5) is 18.6. The van der Waals surface area contributed by atoms with Gasteiger partial charge in [-0.05, 0) is 74.0 Å². The minimum absolute atomic E-state index is 0.300. The van der Waals surface area contributed by atoms with Gasteiger partial charge in [-0.2, -0.15) is 0 Å². The minimum Gasteiger partial charge on any atom is -0.439 e. The van der Waals surface area contributed by atoms with E-state index in [1.165, 1.54) is 12.8 Å². The van der Waals surface area contributed by atoms with Crippen molar-refractivity contribution in [2.24, 2.45) is 11.7 Å². The zero-order valence-electron chi connectivity index (χ0n) is 14.5. The monoisotopic (exact) mass is 371 g/mol. The van der Waals surface area contributed by atoms with Crippen LogP contribution in [0, 0.1) is 5.92 Å². The van der Waals surface area contributed by atoms with Crippen LogP contribution in [0.5, 0.6) is 11.6 Å². The molecule has 2 N–H and O–H groups in total. The van der Waals surface area contributed by atoms with Crippen LogP contribution in [0.1, 0.15) is 41.1 Å². The first kappa shape index (κ1) is 17.3. The maximum Gasteiger partial charge on any atom is 0.248 e. The molecule has 1 unspecified atom stereocenters. The fourth-order valence-electron chi connectivity index (χ4n) is 4.13. The molecule has 3 aliphatic heterocycles. The molecule has 0 radical (unpaired) electrons. The van der Waals surface area contributed by atoms with Gasteiger partial charge in [0.2, 0.25) is 11.8 Å². The van der Waals surface area contributed by atoms with E-state index in [1.807, 2.05) is 6.07 Å². The average molecular weight is 372 g/mol. The lowest BCUT2D eigenvalue weighted by molar-refractivity contribution is 0.0998. The molecule has 3 aliphatic rings. The van der Waals surface area contributed by atoms with Crippen molar-refractivity contribution in [3.8, 4) is 11.6 Å². The molecule has 3 saturated heterocycles. The summed E-state index contributed by atoms with van der Waals surface area (Å²) in [7, 11) is 0. The zero-order chi connectivity index (χ0) is 18.1. The van der Waals surface area contributed by atoms with Crippen LogP contribution in [0.25, 0.3) is 0 Å². The van der Waals surface area contributed by atoms with Gasteiger partial charge in [-0.1, -0.05) is 11.6 Å². The highest BCUT2D eigenvalue weighted by Crippen LogP contribution is 2.38. The third kappa shape index (κ3) is 3.69. The number of hydrogen-bond donors (Lipinski definition) is 1. The molecule has 26 heavy (non-hydrogen) atoms. The number of amides is 1. The summed E-state index contributed by atoms with van der Waals surface area (Å²) in [5, 5.41) is 0.560. The molecule has 5 rings (SSSR count). The van der Waals surface area contributed by atoms with Gasteiger partial charge in [0.05, 0.1) is 5.02 Å². The highest BCUT2D eigenvalue weighted by atomic mass is 35.5. The molecule has 3 fully saturated rings. The van der Waals surface area contributed by atoms with Gasteiger partial charge in [0.15, 0.2) is 0 Å². The molecule has 1 amide bonds. The second kappa shape index (κ2) is 7.25. The maximum absolute atomic E-state index is 12.0. The van der Waals surface area contributed by atoms with Crippen molar-refractivity contribution >= 4 is 17.5 Å². The largest absolute Gasteiger partial charge is 0.439 e. The minimum atomic E-state index is -0.386. The first-order valence-corrected chi connectivity index (χ1v) is 9.42. The van der Waals surface area contributed by atoms with Crippen LogP contribution < -0.4 is 10.5 Å². The van der Waals surface area contributed by atoms with Crippen molar-refractivity contribution < 1.29 is 9.53 Å². The number of carbonyl (C=O) groups excluding carboxylic acids is 1. The van der Waals surface area contributed by atoms with Crippen molar-refractivity contribution in [2.75, 3.05) is 19.6 Å². The number of nitrogens with two attached hydrogens (primary N) is 1. The predicted octanol–water partition coefficient (Wildman–Crippen LogP) is 3.83. The first-order valence-electron chi connectivity index (χ1n) is 9.04. The Morgan fingerprint density at radius 1 is 1.23 bits per heavy atom. The average Bonchev–Trinajstić information content (AvgIpc) is 2.97. The van der Waals surface area contributed by atoms with Gasteiger partial charge < -0.3 is 15.4 Å². The lowest BCUT2D eigenvalue weighted by Crippen LogP contribution is -2.31. The van der Waals surface area contributed by atoms with Crippen LogP contribution in [0.15, 0.2) is 36.5 Å². The Morgan fingerprint density at radius 3 is 2.73 bits per heavy atom. The number of rotatable bonds is 4. The van der Waals surface area contributed by atoms with E-state index in [9.17, 15) is 4.79 Å². The summed E-state index contributed by atoms with van der Waals surface area (Å²) in [6, 6.07) is 8.95.